The van der Waals surface area contributed by atoms with Crippen LogP contribution in [0.4, 0.5) is 0 Å². The zero-order valence-electron chi connectivity index (χ0n) is 10.5. The second-order valence-corrected chi connectivity index (χ2v) is 5.70. The fraction of sp³-hybridized carbons (Fsp3) is 0.833. The quantitative estimate of drug-likeness (QED) is 0.853. The maximum Gasteiger partial charge on any atom is 0.147 e. The van der Waals surface area contributed by atoms with Crippen molar-refractivity contribution in [1.82, 2.24) is 20.1 Å². The third-order valence-electron chi connectivity index (χ3n) is 3.14. The first-order valence-electron chi connectivity index (χ1n) is 6.20. The smallest absolute Gasteiger partial charge is 0.147 e. The molecule has 4 nitrogen and oxygen atoms in total. The third-order valence-corrected chi connectivity index (χ3v) is 3.14. The zero-order valence-corrected chi connectivity index (χ0v) is 10.5. The van der Waals surface area contributed by atoms with E-state index in [1.807, 2.05) is 6.33 Å². The van der Waals surface area contributed by atoms with Crippen LogP contribution in [0.1, 0.15) is 58.3 Å². The summed E-state index contributed by atoms with van der Waals surface area (Å²) < 4.78 is 2.26. The number of nitrogens with zero attached hydrogens (tertiary/aromatic N) is 3. The van der Waals surface area contributed by atoms with Gasteiger partial charge < -0.3 is 9.88 Å². The van der Waals surface area contributed by atoms with Crippen LogP contribution >= 0.6 is 0 Å². The van der Waals surface area contributed by atoms with E-state index in [0.717, 1.165) is 12.4 Å². The molecule has 1 aliphatic carbocycles. The molecule has 0 aliphatic heterocycles. The van der Waals surface area contributed by atoms with Crippen molar-refractivity contribution >= 4 is 0 Å². The van der Waals surface area contributed by atoms with E-state index in [1.54, 1.807) is 0 Å². The molecule has 0 unspecified atom stereocenters. The van der Waals surface area contributed by atoms with E-state index >= 15 is 0 Å². The van der Waals surface area contributed by atoms with Crippen LogP contribution < -0.4 is 5.32 Å². The molecule has 0 atom stereocenters. The van der Waals surface area contributed by atoms with Crippen LogP contribution in [0.2, 0.25) is 0 Å². The molecule has 4 heteroatoms. The van der Waals surface area contributed by atoms with E-state index in [4.69, 9.17) is 0 Å². The average molecular weight is 222 g/mol. The van der Waals surface area contributed by atoms with Gasteiger partial charge in [-0.05, 0) is 33.6 Å². The van der Waals surface area contributed by atoms with Crippen molar-refractivity contribution < 1.29 is 0 Å². The van der Waals surface area contributed by atoms with Crippen molar-refractivity contribution in [3.63, 3.8) is 0 Å². The molecular formula is C12H22N4. The first-order valence-corrected chi connectivity index (χ1v) is 6.20. The van der Waals surface area contributed by atoms with Gasteiger partial charge in [0.2, 0.25) is 0 Å². The molecule has 0 bridgehead atoms. The van der Waals surface area contributed by atoms with Gasteiger partial charge in [0.15, 0.2) is 0 Å². The second kappa shape index (κ2) is 4.53. The predicted octanol–water partition coefficient (Wildman–Crippen LogP) is 2.28. The summed E-state index contributed by atoms with van der Waals surface area (Å²) in [6, 6.07) is 0.631. The van der Waals surface area contributed by atoms with Gasteiger partial charge in [-0.3, -0.25) is 0 Å². The number of rotatable bonds is 3. The molecular weight excluding hydrogens is 200 g/mol. The molecule has 0 spiro atoms. The van der Waals surface area contributed by atoms with Gasteiger partial charge in [-0.2, -0.15) is 0 Å². The van der Waals surface area contributed by atoms with Crippen LogP contribution in [-0.4, -0.2) is 20.3 Å². The molecule has 2 rings (SSSR count). The average Bonchev–Trinajstić information content (AvgIpc) is 2.84. The molecule has 0 saturated heterocycles. The lowest BCUT2D eigenvalue weighted by atomic mass is 10.1. The van der Waals surface area contributed by atoms with Crippen molar-refractivity contribution in [3.05, 3.63) is 12.2 Å². The van der Waals surface area contributed by atoms with Crippen LogP contribution in [0.25, 0.3) is 0 Å². The Kier molecular flexibility index (Phi) is 3.28. The Morgan fingerprint density at radius 3 is 2.69 bits per heavy atom. The molecule has 16 heavy (non-hydrogen) atoms. The normalized spacial score (nSPS) is 18.2. The lowest BCUT2D eigenvalue weighted by Gasteiger charge is -2.21. The van der Waals surface area contributed by atoms with Gasteiger partial charge in [0.25, 0.3) is 0 Å². The van der Waals surface area contributed by atoms with E-state index in [2.05, 4.69) is 40.9 Å². The molecule has 1 N–H and O–H groups in total. The van der Waals surface area contributed by atoms with Crippen LogP contribution in [0.15, 0.2) is 6.33 Å². The number of hydrogen-bond acceptors (Lipinski definition) is 3. The minimum atomic E-state index is 0.131. The molecule has 1 saturated carbocycles. The zero-order chi connectivity index (χ0) is 11.6. The van der Waals surface area contributed by atoms with E-state index in [1.165, 1.54) is 25.7 Å². The Morgan fingerprint density at radius 1 is 1.38 bits per heavy atom. The number of aromatic nitrogens is 3. The summed E-state index contributed by atoms with van der Waals surface area (Å²) in [4.78, 5) is 0. The number of hydrogen-bond donors (Lipinski definition) is 1. The molecule has 1 heterocycles. The van der Waals surface area contributed by atoms with E-state index in [0.29, 0.717) is 6.04 Å². The Labute approximate surface area is 97.5 Å². The van der Waals surface area contributed by atoms with E-state index < -0.39 is 0 Å². The van der Waals surface area contributed by atoms with Crippen molar-refractivity contribution in [3.8, 4) is 0 Å². The maximum atomic E-state index is 4.21. The highest BCUT2D eigenvalue weighted by Gasteiger charge is 2.20. The van der Waals surface area contributed by atoms with E-state index in [-0.39, 0.29) is 5.54 Å². The Bertz CT molecular complexity index is 331. The fourth-order valence-corrected chi connectivity index (χ4v) is 2.22. The fourth-order valence-electron chi connectivity index (χ4n) is 2.22. The molecule has 1 aromatic heterocycles. The van der Waals surface area contributed by atoms with Crippen molar-refractivity contribution in [2.75, 3.05) is 0 Å². The maximum absolute atomic E-state index is 4.21. The minimum absolute atomic E-state index is 0.131. The van der Waals surface area contributed by atoms with Gasteiger partial charge in [-0.1, -0.05) is 12.8 Å². The first kappa shape index (κ1) is 11.6. The summed E-state index contributed by atoms with van der Waals surface area (Å²) in [5.41, 5.74) is 0.131. The summed E-state index contributed by atoms with van der Waals surface area (Å²) in [6.07, 6.45) is 7.13. The van der Waals surface area contributed by atoms with Crippen molar-refractivity contribution in [1.29, 1.82) is 0 Å². The van der Waals surface area contributed by atoms with Crippen LogP contribution in [0, 0.1) is 0 Å². The highest BCUT2D eigenvalue weighted by atomic mass is 15.3. The minimum Gasteiger partial charge on any atom is -0.313 e. The third kappa shape index (κ3) is 2.82. The Hall–Kier alpha value is -0.900. The van der Waals surface area contributed by atoms with Crippen LogP contribution in [0.5, 0.6) is 0 Å². The van der Waals surface area contributed by atoms with Gasteiger partial charge >= 0.3 is 0 Å². The van der Waals surface area contributed by atoms with Crippen molar-refractivity contribution in [2.24, 2.45) is 0 Å². The summed E-state index contributed by atoms with van der Waals surface area (Å²) in [5.74, 6) is 1.07. The van der Waals surface area contributed by atoms with Crippen LogP contribution in [-0.2, 0) is 6.54 Å². The molecule has 0 aromatic carbocycles. The van der Waals surface area contributed by atoms with E-state index in [9.17, 15) is 0 Å². The summed E-state index contributed by atoms with van der Waals surface area (Å²) >= 11 is 0. The topological polar surface area (TPSA) is 42.7 Å². The Balaban J connectivity index is 2.01. The summed E-state index contributed by atoms with van der Waals surface area (Å²) in [6.45, 7) is 7.32. The molecule has 1 aromatic rings. The highest BCUT2D eigenvalue weighted by molar-refractivity contribution is 4.92. The highest BCUT2D eigenvalue weighted by Crippen LogP contribution is 2.29. The van der Waals surface area contributed by atoms with Crippen molar-refractivity contribution in [2.45, 2.75) is 64.6 Å². The molecule has 0 radical (unpaired) electrons. The SMILES string of the molecule is CC(C)(C)NCc1nncn1C1CCCC1. The molecule has 0 amide bonds. The largest absolute Gasteiger partial charge is 0.313 e. The standard InChI is InChI=1S/C12H22N4/c1-12(2,3)13-8-11-15-14-9-16(11)10-6-4-5-7-10/h9-10,13H,4-8H2,1-3H3. The first-order chi connectivity index (χ1) is 7.56. The van der Waals surface area contributed by atoms with Gasteiger partial charge in [0, 0.05) is 11.6 Å². The van der Waals surface area contributed by atoms with Gasteiger partial charge in [-0.15, -0.1) is 10.2 Å². The number of nitrogens with one attached hydrogen (secondary N) is 1. The Morgan fingerprint density at radius 2 is 2.06 bits per heavy atom. The monoisotopic (exact) mass is 222 g/mol. The molecule has 1 fully saturated rings. The second-order valence-electron chi connectivity index (χ2n) is 5.70. The summed E-state index contributed by atoms with van der Waals surface area (Å²) in [5, 5.41) is 11.7. The molecule has 1 aliphatic rings. The lowest BCUT2D eigenvalue weighted by Crippen LogP contribution is -2.36. The lowest BCUT2D eigenvalue weighted by molar-refractivity contribution is 0.401. The summed E-state index contributed by atoms with van der Waals surface area (Å²) in [7, 11) is 0. The van der Waals surface area contributed by atoms with Gasteiger partial charge in [0.05, 0.1) is 6.54 Å². The van der Waals surface area contributed by atoms with Crippen LogP contribution in [0.3, 0.4) is 0 Å². The van der Waals surface area contributed by atoms with Gasteiger partial charge in [-0.25, -0.2) is 0 Å². The predicted molar refractivity (Wildman–Crippen MR) is 64.1 cm³/mol. The molecule has 90 valence electrons. The van der Waals surface area contributed by atoms with Gasteiger partial charge in [0.1, 0.15) is 12.2 Å².